The summed E-state index contributed by atoms with van der Waals surface area (Å²) < 4.78 is 1.68. The Morgan fingerprint density at radius 1 is 1.03 bits per heavy atom. The lowest BCUT2D eigenvalue weighted by Crippen LogP contribution is -2.42. The van der Waals surface area contributed by atoms with Crippen LogP contribution in [0, 0.1) is 6.92 Å². The first-order chi connectivity index (χ1) is 14.9. The van der Waals surface area contributed by atoms with Crippen LogP contribution in [0.1, 0.15) is 33.1 Å². The molecule has 1 heterocycles. The van der Waals surface area contributed by atoms with Gasteiger partial charge in [0.2, 0.25) is 12.3 Å². The van der Waals surface area contributed by atoms with E-state index in [-0.39, 0.29) is 11.8 Å². The summed E-state index contributed by atoms with van der Waals surface area (Å²) in [5.74, 6) is -0.625. The van der Waals surface area contributed by atoms with Gasteiger partial charge in [-0.3, -0.25) is 9.59 Å². The van der Waals surface area contributed by atoms with Crippen LogP contribution in [0.3, 0.4) is 0 Å². The molecule has 1 aliphatic heterocycles. The highest BCUT2D eigenvalue weighted by molar-refractivity contribution is 6.36. The number of nitrogens with zero attached hydrogens (tertiary/aromatic N) is 1. The van der Waals surface area contributed by atoms with Gasteiger partial charge in [-0.05, 0) is 37.3 Å². The van der Waals surface area contributed by atoms with Gasteiger partial charge in [0.1, 0.15) is 0 Å². The van der Waals surface area contributed by atoms with Crippen molar-refractivity contribution in [1.29, 1.82) is 0 Å². The molecule has 2 N–H and O–H groups in total. The second kappa shape index (κ2) is 8.92. The smallest absolute Gasteiger partial charge is 0.304 e. The molecule has 1 fully saturated rings. The summed E-state index contributed by atoms with van der Waals surface area (Å²) in [6.07, 6.45) is 1.75. The SMILES string of the molecule is Cc1ccc([C@H]2[C@H](NC(=O)c3ccccc3)C(=O)N/[N+]2=C\c2ccc(Cl)cc2Cl)cc1. The predicted molar refractivity (Wildman–Crippen MR) is 122 cm³/mol. The summed E-state index contributed by atoms with van der Waals surface area (Å²) in [6.45, 7) is 1.99. The molecule has 0 radical (unpaired) electrons. The topological polar surface area (TPSA) is 61.2 Å². The molecule has 5 nitrogen and oxygen atoms in total. The van der Waals surface area contributed by atoms with Gasteiger partial charge in [-0.25, -0.2) is 0 Å². The second-order valence-corrected chi connectivity index (χ2v) is 8.19. The average molecular weight is 453 g/mol. The van der Waals surface area contributed by atoms with Gasteiger partial charge in [-0.15, -0.1) is 10.1 Å². The van der Waals surface area contributed by atoms with Crippen molar-refractivity contribution in [2.24, 2.45) is 0 Å². The summed E-state index contributed by atoms with van der Waals surface area (Å²) in [4.78, 5) is 25.7. The summed E-state index contributed by atoms with van der Waals surface area (Å²) in [7, 11) is 0. The van der Waals surface area contributed by atoms with Gasteiger partial charge in [0, 0.05) is 16.1 Å². The molecule has 0 aliphatic carbocycles. The van der Waals surface area contributed by atoms with E-state index in [1.165, 1.54) is 0 Å². The van der Waals surface area contributed by atoms with Crippen molar-refractivity contribution >= 4 is 41.2 Å². The normalized spacial score (nSPS) is 19.3. The minimum absolute atomic E-state index is 0.309. The van der Waals surface area contributed by atoms with Gasteiger partial charge in [0.05, 0.1) is 10.6 Å². The molecule has 156 valence electrons. The van der Waals surface area contributed by atoms with Crippen molar-refractivity contribution in [2.75, 3.05) is 0 Å². The standard InChI is InChI=1S/C24H19Cl2N3O2/c1-15-7-9-16(10-8-15)22-21(27-23(30)17-5-3-2-4-6-17)24(31)28-29(22)14-18-11-12-19(25)13-20(18)26/h2-14,21-22H,1H3,(H-,27,28,30,31)/p+1/b29-14-/t21-,22-/m0/s1. The van der Waals surface area contributed by atoms with E-state index in [1.807, 2.05) is 37.3 Å². The lowest BCUT2D eigenvalue weighted by atomic mass is 9.98. The van der Waals surface area contributed by atoms with Crippen molar-refractivity contribution in [2.45, 2.75) is 19.0 Å². The molecule has 1 aliphatic rings. The molecule has 0 spiro atoms. The van der Waals surface area contributed by atoms with Crippen LogP contribution in [0.5, 0.6) is 0 Å². The van der Waals surface area contributed by atoms with E-state index in [1.54, 1.807) is 53.4 Å². The number of hydrazine groups is 1. The van der Waals surface area contributed by atoms with E-state index in [4.69, 9.17) is 23.2 Å². The van der Waals surface area contributed by atoms with Crippen LogP contribution in [0.4, 0.5) is 0 Å². The minimum Gasteiger partial charge on any atom is -0.334 e. The number of hydrazone groups is 1. The molecule has 1 saturated heterocycles. The summed E-state index contributed by atoms with van der Waals surface area (Å²) >= 11 is 12.3. The number of benzene rings is 3. The number of carbonyl (C=O) groups is 2. The number of hydrogen-bond acceptors (Lipinski definition) is 2. The van der Waals surface area contributed by atoms with Gasteiger partial charge >= 0.3 is 5.91 Å². The summed E-state index contributed by atoms with van der Waals surface area (Å²) in [5.41, 5.74) is 6.00. The fourth-order valence-corrected chi connectivity index (χ4v) is 3.97. The van der Waals surface area contributed by atoms with Crippen LogP contribution in [0.2, 0.25) is 10.0 Å². The Balaban J connectivity index is 1.73. The minimum atomic E-state index is -0.794. The monoisotopic (exact) mass is 452 g/mol. The van der Waals surface area contributed by atoms with Crippen molar-refractivity contribution < 1.29 is 14.3 Å². The maximum atomic E-state index is 12.9. The van der Waals surface area contributed by atoms with Gasteiger partial charge in [0.15, 0.2) is 6.04 Å². The molecule has 3 aromatic carbocycles. The third-order valence-corrected chi connectivity index (χ3v) is 5.68. The number of hydrogen-bond donors (Lipinski definition) is 2. The molecule has 0 bridgehead atoms. The highest BCUT2D eigenvalue weighted by Gasteiger charge is 2.47. The molecule has 2 amide bonds. The van der Waals surface area contributed by atoms with Gasteiger partial charge in [-0.2, -0.15) is 0 Å². The van der Waals surface area contributed by atoms with Gasteiger partial charge < -0.3 is 5.32 Å². The average Bonchev–Trinajstić information content (AvgIpc) is 3.06. The lowest BCUT2D eigenvalue weighted by molar-refractivity contribution is -0.596. The second-order valence-electron chi connectivity index (χ2n) is 7.35. The molecule has 0 unspecified atom stereocenters. The van der Waals surface area contributed by atoms with E-state index in [2.05, 4.69) is 10.7 Å². The van der Waals surface area contributed by atoms with Crippen molar-refractivity contribution in [3.05, 3.63) is 105 Å². The number of amides is 2. The van der Waals surface area contributed by atoms with Crippen molar-refractivity contribution in [1.82, 2.24) is 10.7 Å². The maximum absolute atomic E-state index is 12.9. The van der Waals surface area contributed by atoms with Crippen LogP contribution in [-0.2, 0) is 4.79 Å². The fraction of sp³-hybridized carbons (Fsp3) is 0.125. The Labute approximate surface area is 190 Å². The number of aryl methyl sites for hydroxylation is 1. The quantitative estimate of drug-likeness (QED) is 0.579. The molecule has 4 rings (SSSR count). The highest BCUT2D eigenvalue weighted by Crippen LogP contribution is 2.27. The zero-order chi connectivity index (χ0) is 22.0. The van der Waals surface area contributed by atoms with E-state index in [0.717, 1.165) is 11.1 Å². The fourth-order valence-electron chi connectivity index (χ4n) is 3.51. The third-order valence-electron chi connectivity index (χ3n) is 5.12. The van der Waals surface area contributed by atoms with E-state index in [0.29, 0.717) is 21.2 Å². The zero-order valence-electron chi connectivity index (χ0n) is 16.7. The number of rotatable bonds is 4. The Bertz CT molecular complexity index is 1160. The van der Waals surface area contributed by atoms with E-state index >= 15 is 0 Å². The molecule has 0 saturated carbocycles. The Hall–Kier alpha value is -3.15. The van der Waals surface area contributed by atoms with Crippen LogP contribution in [0.15, 0.2) is 72.8 Å². The number of halogens is 2. The first-order valence-corrected chi connectivity index (χ1v) is 10.5. The molecule has 3 aromatic rings. The van der Waals surface area contributed by atoms with Crippen LogP contribution >= 0.6 is 23.2 Å². The largest absolute Gasteiger partial charge is 0.334 e. The van der Waals surface area contributed by atoms with Crippen molar-refractivity contribution in [3.8, 4) is 0 Å². The van der Waals surface area contributed by atoms with E-state index < -0.39 is 12.1 Å². The first kappa shape index (κ1) is 21.1. The number of nitrogens with one attached hydrogen (secondary N) is 2. The molecule has 7 heteroatoms. The molecule has 2 atom stereocenters. The van der Waals surface area contributed by atoms with Crippen LogP contribution in [-0.4, -0.2) is 28.8 Å². The third kappa shape index (κ3) is 4.63. The molecular weight excluding hydrogens is 433 g/mol. The molecule has 0 aromatic heterocycles. The Morgan fingerprint density at radius 2 is 1.74 bits per heavy atom. The molecule has 31 heavy (non-hydrogen) atoms. The highest BCUT2D eigenvalue weighted by atomic mass is 35.5. The summed E-state index contributed by atoms with van der Waals surface area (Å²) in [5, 5.41) is 3.86. The zero-order valence-corrected chi connectivity index (χ0v) is 18.2. The predicted octanol–water partition coefficient (Wildman–Crippen LogP) is 4.32. The Kier molecular flexibility index (Phi) is 6.07. The van der Waals surface area contributed by atoms with Crippen LogP contribution in [0.25, 0.3) is 0 Å². The van der Waals surface area contributed by atoms with Crippen molar-refractivity contribution in [3.63, 3.8) is 0 Å². The first-order valence-electron chi connectivity index (χ1n) is 9.73. The Morgan fingerprint density at radius 3 is 2.42 bits per heavy atom. The van der Waals surface area contributed by atoms with E-state index in [9.17, 15) is 9.59 Å². The van der Waals surface area contributed by atoms with Gasteiger partial charge in [0.25, 0.3) is 5.91 Å². The summed E-state index contributed by atoms with van der Waals surface area (Å²) in [6, 6.07) is 20.6. The lowest BCUT2D eigenvalue weighted by Gasteiger charge is -2.15. The molecular formula is C24H20Cl2N3O2+. The van der Waals surface area contributed by atoms with Gasteiger partial charge in [-0.1, -0.05) is 71.2 Å². The van der Waals surface area contributed by atoms with Crippen LogP contribution < -0.4 is 10.7 Å². The number of carbonyl (C=O) groups excluding carboxylic acids is 2. The maximum Gasteiger partial charge on any atom is 0.304 e.